The maximum Gasteiger partial charge on any atom is 0.241 e. The highest BCUT2D eigenvalue weighted by molar-refractivity contribution is 5.84. The number of carbonyl (C=O) groups excluding carboxylic acids is 1. The Balaban J connectivity index is 2.23. The van der Waals surface area contributed by atoms with Crippen molar-refractivity contribution in [3.8, 4) is 6.07 Å². The molecule has 0 radical (unpaired) electrons. The topological polar surface area (TPSA) is 62.1 Å². The van der Waals surface area contributed by atoms with E-state index in [1.54, 1.807) is 0 Å². The van der Waals surface area contributed by atoms with Gasteiger partial charge in [0.05, 0.1) is 18.3 Å². The van der Waals surface area contributed by atoms with Crippen LogP contribution in [0.15, 0.2) is 11.3 Å². The molecule has 2 heterocycles. The molecule has 1 amide bonds. The molecule has 0 aromatic heterocycles. The van der Waals surface area contributed by atoms with Crippen molar-refractivity contribution < 1.29 is 9.53 Å². The van der Waals surface area contributed by atoms with Gasteiger partial charge in [-0.25, -0.2) is 0 Å². The number of hydrogen-bond acceptors (Lipinski definition) is 3. The van der Waals surface area contributed by atoms with Crippen molar-refractivity contribution >= 4 is 5.91 Å². The molecule has 0 bridgehead atoms. The summed E-state index contributed by atoms with van der Waals surface area (Å²) in [6.45, 7) is 4.53. The molecule has 1 N–H and O–H groups in total. The van der Waals surface area contributed by atoms with Crippen LogP contribution < -0.4 is 5.32 Å². The average molecular weight is 206 g/mol. The van der Waals surface area contributed by atoms with Crippen LogP contribution in [-0.4, -0.2) is 18.1 Å². The molecule has 0 aliphatic carbocycles. The molecule has 0 fully saturated rings. The molecule has 0 aromatic carbocycles. The van der Waals surface area contributed by atoms with Crippen LogP contribution in [0, 0.1) is 17.2 Å². The Labute approximate surface area is 88.9 Å². The highest BCUT2D eigenvalue weighted by Crippen LogP contribution is 2.32. The van der Waals surface area contributed by atoms with Crippen LogP contribution in [0.1, 0.15) is 26.7 Å². The molecule has 2 aliphatic heterocycles. The minimum absolute atomic E-state index is 0.172. The SMILES string of the molecule is CC1(C)CC2=C(CO1)CC(C#N)C(=O)N2. The normalized spacial score (nSPS) is 29.1. The van der Waals surface area contributed by atoms with Crippen molar-refractivity contribution in [3.05, 3.63) is 11.3 Å². The van der Waals surface area contributed by atoms with Crippen LogP contribution in [0.25, 0.3) is 0 Å². The van der Waals surface area contributed by atoms with Gasteiger partial charge in [0.2, 0.25) is 5.91 Å². The third kappa shape index (κ3) is 1.88. The number of nitrogens with one attached hydrogen (secondary N) is 1. The first-order chi connectivity index (χ1) is 7.02. The van der Waals surface area contributed by atoms with E-state index in [4.69, 9.17) is 10.00 Å². The van der Waals surface area contributed by atoms with Gasteiger partial charge in [0, 0.05) is 12.1 Å². The van der Waals surface area contributed by atoms with Crippen LogP contribution in [0.2, 0.25) is 0 Å². The molecule has 80 valence electrons. The van der Waals surface area contributed by atoms with E-state index in [0.717, 1.165) is 11.3 Å². The summed E-state index contributed by atoms with van der Waals surface area (Å²) in [4.78, 5) is 11.5. The zero-order chi connectivity index (χ0) is 11.1. The summed E-state index contributed by atoms with van der Waals surface area (Å²) in [7, 11) is 0. The largest absolute Gasteiger partial charge is 0.371 e. The summed E-state index contributed by atoms with van der Waals surface area (Å²) < 4.78 is 5.64. The molecule has 4 heteroatoms. The van der Waals surface area contributed by atoms with Crippen LogP contribution >= 0.6 is 0 Å². The van der Waals surface area contributed by atoms with Crippen molar-refractivity contribution in [3.63, 3.8) is 0 Å². The van der Waals surface area contributed by atoms with E-state index in [9.17, 15) is 4.79 Å². The first-order valence-electron chi connectivity index (χ1n) is 5.07. The van der Waals surface area contributed by atoms with Crippen molar-refractivity contribution in [1.29, 1.82) is 5.26 Å². The molecule has 2 aliphatic rings. The second kappa shape index (κ2) is 3.35. The van der Waals surface area contributed by atoms with E-state index in [1.807, 2.05) is 19.9 Å². The standard InChI is InChI=1S/C11H14N2O2/c1-11(2)4-9-8(6-15-11)3-7(5-12)10(14)13-9/h7H,3-4,6H2,1-2H3,(H,13,14). The van der Waals surface area contributed by atoms with Gasteiger partial charge in [-0.15, -0.1) is 0 Å². The molecular weight excluding hydrogens is 192 g/mol. The molecule has 0 aromatic rings. The van der Waals surface area contributed by atoms with Crippen molar-refractivity contribution in [2.45, 2.75) is 32.3 Å². The third-order valence-corrected chi connectivity index (χ3v) is 2.86. The molecular formula is C11H14N2O2. The van der Waals surface area contributed by atoms with E-state index in [2.05, 4.69) is 5.32 Å². The predicted molar refractivity (Wildman–Crippen MR) is 53.5 cm³/mol. The lowest BCUT2D eigenvalue weighted by atomic mass is 9.88. The van der Waals surface area contributed by atoms with Gasteiger partial charge in [-0.3, -0.25) is 4.79 Å². The van der Waals surface area contributed by atoms with Gasteiger partial charge in [0.1, 0.15) is 5.92 Å². The van der Waals surface area contributed by atoms with Crippen LogP contribution in [0.5, 0.6) is 0 Å². The van der Waals surface area contributed by atoms with Crippen LogP contribution in [0.3, 0.4) is 0 Å². The lowest BCUT2D eigenvalue weighted by Crippen LogP contribution is -2.43. The van der Waals surface area contributed by atoms with Gasteiger partial charge in [-0.05, 0) is 25.8 Å². The van der Waals surface area contributed by atoms with Crippen LogP contribution in [-0.2, 0) is 9.53 Å². The molecule has 0 saturated carbocycles. The Bertz CT molecular complexity index is 377. The number of ether oxygens (including phenoxy) is 1. The number of amides is 1. The van der Waals surface area contributed by atoms with Gasteiger partial charge >= 0.3 is 0 Å². The van der Waals surface area contributed by atoms with Crippen molar-refractivity contribution in [1.82, 2.24) is 5.32 Å². The number of nitriles is 1. The Morgan fingerprint density at radius 1 is 1.60 bits per heavy atom. The third-order valence-electron chi connectivity index (χ3n) is 2.86. The van der Waals surface area contributed by atoms with Gasteiger partial charge in [-0.2, -0.15) is 5.26 Å². The fraction of sp³-hybridized carbons (Fsp3) is 0.636. The molecule has 2 rings (SSSR count). The molecule has 4 nitrogen and oxygen atoms in total. The van der Waals surface area contributed by atoms with Gasteiger partial charge < -0.3 is 10.1 Å². The fourth-order valence-electron chi connectivity index (χ4n) is 1.97. The monoisotopic (exact) mass is 206 g/mol. The quantitative estimate of drug-likeness (QED) is 0.645. The molecule has 0 saturated heterocycles. The maximum absolute atomic E-state index is 11.5. The Hall–Kier alpha value is -1.34. The minimum Gasteiger partial charge on any atom is -0.371 e. The highest BCUT2D eigenvalue weighted by atomic mass is 16.5. The van der Waals surface area contributed by atoms with E-state index < -0.39 is 5.92 Å². The number of carbonyl (C=O) groups is 1. The smallest absolute Gasteiger partial charge is 0.241 e. The zero-order valence-electron chi connectivity index (χ0n) is 8.96. The Morgan fingerprint density at radius 3 is 3.00 bits per heavy atom. The van der Waals surface area contributed by atoms with Gasteiger partial charge in [0.25, 0.3) is 0 Å². The van der Waals surface area contributed by atoms with E-state index >= 15 is 0 Å². The van der Waals surface area contributed by atoms with Crippen molar-refractivity contribution in [2.24, 2.45) is 5.92 Å². The molecule has 1 atom stereocenters. The fourth-order valence-corrected chi connectivity index (χ4v) is 1.97. The first kappa shape index (κ1) is 10.2. The molecule has 1 unspecified atom stereocenters. The van der Waals surface area contributed by atoms with E-state index in [0.29, 0.717) is 19.4 Å². The second-order valence-electron chi connectivity index (χ2n) is 4.68. The number of hydrogen-bond donors (Lipinski definition) is 1. The first-order valence-corrected chi connectivity index (χ1v) is 5.07. The van der Waals surface area contributed by atoms with E-state index in [-0.39, 0.29) is 11.5 Å². The van der Waals surface area contributed by atoms with Gasteiger partial charge in [0.15, 0.2) is 0 Å². The summed E-state index contributed by atoms with van der Waals surface area (Å²) in [6, 6.07) is 2.01. The average Bonchev–Trinajstić information content (AvgIpc) is 2.15. The number of rotatable bonds is 0. The summed E-state index contributed by atoms with van der Waals surface area (Å²) in [6.07, 6.45) is 1.24. The summed E-state index contributed by atoms with van der Waals surface area (Å²) in [5.74, 6) is -0.720. The second-order valence-corrected chi connectivity index (χ2v) is 4.68. The Kier molecular flexibility index (Phi) is 2.28. The minimum atomic E-state index is -0.548. The lowest BCUT2D eigenvalue weighted by Gasteiger charge is -2.36. The number of nitrogens with zero attached hydrogens (tertiary/aromatic N) is 1. The zero-order valence-corrected chi connectivity index (χ0v) is 8.96. The predicted octanol–water partition coefficient (Wildman–Crippen LogP) is 1.10. The lowest BCUT2D eigenvalue weighted by molar-refractivity contribution is -0.124. The highest BCUT2D eigenvalue weighted by Gasteiger charge is 2.35. The summed E-state index contributed by atoms with van der Waals surface area (Å²) >= 11 is 0. The van der Waals surface area contributed by atoms with Crippen molar-refractivity contribution in [2.75, 3.05) is 6.61 Å². The van der Waals surface area contributed by atoms with E-state index in [1.165, 1.54) is 0 Å². The molecule has 15 heavy (non-hydrogen) atoms. The van der Waals surface area contributed by atoms with Gasteiger partial charge in [-0.1, -0.05) is 0 Å². The summed E-state index contributed by atoms with van der Waals surface area (Å²) in [5, 5.41) is 11.6. The maximum atomic E-state index is 11.5. The Morgan fingerprint density at radius 2 is 2.33 bits per heavy atom. The molecule has 0 spiro atoms. The van der Waals surface area contributed by atoms with Crippen LogP contribution in [0.4, 0.5) is 0 Å². The summed E-state index contributed by atoms with van der Waals surface area (Å²) in [5.41, 5.74) is 1.81.